The molecule has 2 aliphatic rings. The van der Waals surface area contributed by atoms with E-state index in [1.807, 2.05) is 65.3 Å². The molecule has 0 N–H and O–H groups in total. The Morgan fingerprint density at radius 3 is 2.62 bits per heavy atom. The number of pyridine rings is 1. The van der Waals surface area contributed by atoms with Gasteiger partial charge in [-0.3, -0.25) is 14.3 Å². The summed E-state index contributed by atoms with van der Waals surface area (Å²) in [5.41, 5.74) is 3.58. The number of nitrogens with zero attached hydrogens (tertiary/aromatic N) is 5. The zero-order chi connectivity index (χ0) is 21.9. The number of rotatable bonds is 6. The van der Waals surface area contributed by atoms with Crippen molar-refractivity contribution < 1.29 is 4.79 Å². The molecule has 1 aromatic carbocycles. The maximum atomic E-state index is 13.2. The molecule has 3 aromatic rings. The Morgan fingerprint density at radius 1 is 1.03 bits per heavy atom. The van der Waals surface area contributed by atoms with Crippen LogP contribution in [0.4, 0.5) is 0 Å². The van der Waals surface area contributed by atoms with Crippen molar-refractivity contribution in [3.05, 3.63) is 102 Å². The first-order chi connectivity index (χ1) is 15.8. The fraction of sp³-hybridized carbons (Fsp3) is 0.0800. The van der Waals surface area contributed by atoms with E-state index in [1.54, 1.807) is 18.5 Å². The van der Waals surface area contributed by atoms with Gasteiger partial charge in [0, 0.05) is 30.4 Å². The molecule has 1 aliphatic heterocycles. The second kappa shape index (κ2) is 8.72. The largest absolute Gasteiger partial charge is 0.298 e. The number of allylic oxidation sites excluding steroid dienone is 6. The second-order valence-electron chi connectivity index (χ2n) is 7.22. The number of aromatic nitrogens is 4. The van der Waals surface area contributed by atoms with Crippen molar-refractivity contribution in [1.29, 1.82) is 0 Å². The van der Waals surface area contributed by atoms with Crippen molar-refractivity contribution in [2.75, 3.05) is 0 Å². The lowest BCUT2D eigenvalue weighted by Crippen LogP contribution is -2.23. The van der Waals surface area contributed by atoms with E-state index in [0.29, 0.717) is 22.4 Å². The summed E-state index contributed by atoms with van der Waals surface area (Å²) in [4.78, 5) is 22.2. The van der Waals surface area contributed by atoms with Gasteiger partial charge in [0.05, 0.1) is 10.6 Å². The summed E-state index contributed by atoms with van der Waals surface area (Å²) in [5.74, 6) is 0.348. The molecule has 156 valence electrons. The Balaban J connectivity index is 1.63. The molecule has 0 bridgehead atoms. The molecule has 2 aromatic heterocycles. The van der Waals surface area contributed by atoms with Crippen LogP contribution in [0.3, 0.4) is 0 Å². The predicted molar refractivity (Wildman–Crippen MR) is 127 cm³/mol. The molecule has 0 saturated carbocycles. The lowest BCUT2D eigenvalue weighted by atomic mass is 9.84. The highest BCUT2D eigenvalue weighted by Gasteiger charge is 2.32. The molecule has 5 rings (SSSR count). The average molecular weight is 438 g/mol. The van der Waals surface area contributed by atoms with Gasteiger partial charge in [0.25, 0.3) is 5.91 Å². The number of dihydropyridines is 1. The molecule has 0 spiro atoms. The highest BCUT2D eigenvalue weighted by molar-refractivity contribution is 8.04. The number of thioether (sulfide) groups is 1. The van der Waals surface area contributed by atoms with Gasteiger partial charge in [-0.2, -0.15) is 0 Å². The summed E-state index contributed by atoms with van der Waals surface area (Å²) in [6, 6.07) is 13.7. The van der Waals surface area contributed by atoms with E-state index in [9.17, 15) is 4.79 Å². The Bertz CT molecular complexity index is 1300. The summed E-state index contributed by atoms with van der Waals surface area (Å²) in [6.45, 7) is 4.38. The number of carbonyl (C=O) groups is 1. The lowest BCUT2D eigenvalue weighted by molar-refractivity contribution is -0.113. The first-order valence-corrected chi connectivity index (χ1v) is 11.0. The summed E-state index contributed by atoms with van der Waals surface area (Å²) in [7, 11) is 0. The van der Waals surface area contributed by atoms with Crippen molar-refractivity contribution in [1.82, 2.24) is 19.7 Å². The highest BCUT2D eigenvalue weighted by atomic mass is 32.2. The Kier molecular flexibility index (Phi) is 5.47. The van der Waals surface area contributed by atoms with Crippen LogP contribution in [0.1, 0.15) is 5.56 Å². The van der Waals surface area contributed by atoms with Crippen LogP contribution in [-0.4, -0.2) is 31.4 Å². The lowest BCUT2D eigenvalue weighted by Gasteiger charge is -2.26. The van der Waals surface area contributed by atoms with E-state index in [1.165, 1.54) is 11.8 Å². The Morgan fingerprint density at radius 2 is 1.84 bits per heavy atom. The molecule has 3 heterocycles. The first kappa shape index (κ1) is 20.1. The van der Waals surface area contributed by atoms with Gasteiger partial charge in [-0.05, 0) is 41.1 Å². The number of hydrogen-bond donors (Lipinski definition) is 0. The van der Waals surface area contributed by atoms with Crippen molar-refractivity contribution in [2.45, 2.75) is 11.7 Å². The van der Waals surface area contributed by atoms with Crippen LogP contribution in [-0.2, 0) is 11.3 Å². The molecule has 0 saturated heterocycles. The smallest absolute Gasteiger partial charge is 0.284 e. The van der Waals surface area contributed by atoms with E-state index in [4.69, 9.17) is 0 Å². The number of hydrogen-bond acceptors (Lipinski definition) is 5. The quantitative estimate of drug-likeness (QED) is 0.520. The number of aliphatic imine (C=N–C) groups is 1. The fourth-order valence-corrected chi connectivity index (χ4v) is 4.82. The van der Waals surface area contributed by atoms with Gasteiger partial charge in [0.15, 0.2) is 11.0 Å². The summed E-state index contributed by atoms with van der Waals surface area (Å²) >= 11 is 1.30. The summed E-state index contributed by atoms with van der Waals surface area (Å²) in [5, 5.41) is 9.42. The summed E-state index contributed by atoms with van der Waals surface area (Å²) in [6.07, 6.45) is 13.1. The zero-order valence-corrected chi connectivity index (χ0v) is 17.9. The third-order valence-electron chi connectivity index (χ3n) is 5.23. The van der Waals surface area contributed by atoms with E-state index < -0.39 is 0 Å². The summed E-state index contributed by atoms with van der Waals surface area (Å²) < 4.78 is 1.95. The predicted octanol–water partition coefficient (Wildman–Crippen LogP) is 4.75. The molecule has 7 heteroatoms. The standard InChI is InChI=1S/C25H19N5OS/c1-2-16-30-23(18-12-14-26-15-13-18)28-29-25(30)32-22-21(17-8-4-3-5-9-17)19-10-6-7-11-20(19)27-24(22)31/h2-15,19H,1,16H2. The maximum Gasteiger partial charge on any atom is 0.284 e. The van der Waals surface area contributed by atoms with Crippen LogP contribution in [0.2, 0.25) is 0 Å². The third-order valence-corrected chi connectivity index (χ3v) is 6.31. The number of fused-ring (bicyclic) bond motifs is 1. The Labute approximate surface area is 189 Å². The minimum absolute atomic E-state index is 0.0851. The van der Waals surface area contributed by atoms with Gasteiger partial charge in [-0.15, -0.1) is 16.8 Å². The van der Waals surface area contributed by atoms with Gasteiger partial charge >= 0.3 is 0 Å². The van der Waals surface area contributed by atoms with Crippen molar-refractivity contribution in [2.24, 2.45) is 10.9 Å². The van der Waals surface area contributed by atoms with Crippen molar-refractivity contribution in [3.63, 3.8) is 0 Å². The molecule has 1 unspecified atom stereocenters. The van der Waals surface area contributed by atoms with Gasteiger partial charge in [0.1, 0.15) is 0 Å². The van der Waals surface area contributed by atoms with E-state index >= 15 is 0 Å². The van der Waals surface area contributed by atoms with Gasteiger partial charge in [-0.25, -0.2) is 4.99 Å². The molecule has 1 aliphatic carbocycles. The maximum absolute atomic E-state index is 13.2. The van der Waals surface area contributed by atoms with Crippen LogP contribution in [0.15, 0.2) is 107 Å². The molecular weight excluding hydrogens is 418 g/mol. The SMILES string of the molecule is C=CCn1c(SC2=C(c3ccccc3)C3C=CC=CC3=NC2=O)nnc1-c1ccncc1. The monoisotopic (exact) mass is 437 g/mol. The second-order valence-corrected chi connectivity index (χ2v) is 8.19. The van der Waals surface area contributed by atoms with Gasteiger partial charge < -0.3 is 0 Å². The number of carbonyl (C=O) groups excluding carboxylic acids is 1. The van der Waals surface area contributed by atoms with E-state index in [2.05, 4.69) is 32.8 Å². The molecule has 1 amide bonds. The van der Waals surface area contributed by atoms with Gasteiger partial charge in [-0.1, -0.05) is 54.6 Å². The van der Waals surface area contributed by atoms with Crippen molar-refractivity contribution >= 4 is 29.0 Å². The fourth-order valence-electron chi connectivity index (χ4n) is 3.80. The molecular formula is C25H19N5OS. The highest BCUT2D eigenvalue weighted by Crippen LogP contribution is 2.42. The van der Waals surface area contributed by atoms with E-state index in [0.717, 1.165) is 22.4 Å². The molecule has 6 nitrogen and oxygen atoms in total. The van der Waals surface area contributed by atoms with Crippen LogP contribution < -0.4 is 0 Å². The van der Waals surface area contributed by atoms with Crippen LogP contribution in [0.5, 0.6) is 0 Å². The molecule has 0 radical (unpaired) electrons. The molecule has 1 atom stereocenters. The molecule has 32 heavy (non-hydrogen) atoms. The Hall–Kier alpha value is -3.84. The first-order valence-electron chi connectivity index (χ1n) is 10.2. The minimum atomic E-state index is -0.265. The average Bonchev–Trinajstić information content (AvgIpc) is 3.23. The normalized spacial score (nSPS) is 17.3. The topological polar surface area (TPSA) is 73.0 Å². The van der Waals surface area contributed by atoms with E-state index in [-0.39, 0.29) is 11.8 Å². The number of benzene rings is 1. The third kappa shape index (κ3) is 3.67. The van der Waals surface area contributed by atoms with Crippen LogP contribution in [0, 0.1) is 5.92 Å². The van der Waals surface area contributed by atoms with Crippen LogP contribution >= 0.6 is 11.8 Å². The minimum Gasteiger partial charge on any atom is -0.298 e. The zero-order valence-electron chi connectivity index (χ0n) is 17.1. The molecule has 0 fully saturated rings. The van der Waals surface area contributed by atoms with Gasteiger partial charge in [0.2, 0.25) is 0 Å². The van der Waals surface area contributed by atoms with Crippen molar-refractivity contribution in [3.8, 4) is 11.4 Å². The van der Waals surface area contributed by atoms with Crippen LogP contribution in [0.25, 0.3) is 17.0 Å². The number of amides is 1.